The number of hydrogen-bond donors (Lipinski definition) is 2. The molecule has 0 saturated carbocycles. The second-order valence-electron chi connectivity index (χ2n) is 4.13. The van der Waals surface area contributed by atoms with Crippen LogP contribution in [0.1, 0.15) is 20.8 Å². The summed E-state index contributed by atoms with van der Waals surface area (Å²) >= 11 is 1.31. The van der Waals surface area contributed by atoms with Gasteiger partial charge in [-0.2, -0.15) is 14.5 Å². The zero-order valence-corrected chi connectivity index (χ0v) is 9.59. The van der Waals surface area contributed by atoms with Crippen molar-refractivity contribution >= 4 is 16.7 Å². The maximum absolute atomic E-state index is 4.30. The first-order chi connectivity index (χ1) is 7.04. The van der Waals surface area contributed by atoms with Crippen LogP contribution in [0.4, 0.5) is 5.13 Å². The summed E-state index contributed by atoms with van der Waals surface area (Å²) in [5.41, 5.74) is -0.0157. The Labute approximate surface area is 91.3 Å². The number of aromatic nitrogens is 5. The molecule has 0 aromatic carbocycles. The summed E-state index contributed by atoms with van der Waals surface area (Å²) in [5, 5.41) is 10.5. The summed E-state index contributed by atoms with van der Waals surface area (Å²) in [6.45, 7) is 6.22. The summed E-state index contributed by atoms with van der Waals surface area (Å²) in [6.07, 6.45) is 1.44. The van der Waals surface area contributed by atoms with Crippen molar-refractivity contribution in [3.63, 3.8) is 0 Å². The molecule has 0 atom stereocenters. The number of nitrogens with one attached hydrogen (secondary N) is 2. The van der Waals surface area contributed by atoms with E-state index >= 15 is 0 Å². The smallest absolute Gasteiger partial charge is 0.212 e. The maximum Gasteiger partial charge on any atom is 0.212 e. The average Bonchev–Trinajstić information content (AvgIpc) is 2.68. The van der Waals surface area contributed by atoms with Crippen molar-refractivity contribution in [3.05, 3.63) is 6.33 Å². The number of H-pyrrole nitrogens is 1. The van der Waals surface area contributed by atoms with Gasteiger partial charge in [-0.25, -0.2) is 4.98 Å². The second kappa shape index (κ2) is 3.58. The zero-order valence-electron chi connectivity index (χ0n) is 8.77. The largest absolute Gasteiger partial charge is 0.356 e. The van der Waals surface area contributed by atoms with Gasteiger partial charge >= 0.3 is 0 Å². The van der Waals surface area contributed by atoms with E-state index in [2.05, 4.69) is 50.6 Å². The van der Waals surface area contributed by atoms with E-state index in [1.165, 1.54) is 17.9 Å². The molecule has 2 N–H and O–H groups in total. The van der Waals surface area contributed by atoms with Crippen molar-refractivity contribution in [2.45, 2.75) is 26.3 Å². The fraction of sp³-hybridized carbons (Fsp3) is 0.500. The quantitative estimate of drug-likeness (QED) is 0.808. The Morgan fingerprint density at radius 2 is 2.20 bits per heavy atom. The van der Waals surface area contributed by atoms with Crippen molar-refractivity contribution in [1.82, 2.24) is 24.5 Å². The highest BCUT2D eigenvalue weighted by Crippen LogP contribution is 2.20. The van der Waals surface area contributed by atoms with Crippen molar-refractivity contribution in [2.24, 2.45) is 0 Å². The Morgan fingerprint density at radius 1 is 1.40 bits per heavy atom. The lowest BCUT2D eigenvalue weighted by Crippen LogP contribution is -2.25. The number of nitrogens with zero attached hydrogens (tertiary/aromatic N) is 4. The van der Waals surface area contributed by atoms with Crippen molar-refractivity contribution in [3.8, 4) is 11.6 Å². The molecule has 0 amide bonds. The van der Waals surface area contributed by atoms with E-state index in [-0.39, 0.29) is 5.54 Å². The molecule has 2 heterocycles. The van der Waals surface area contributed by atoms with Crippen molar-refractivity contribution < 1.29 is 0 Å². The zero-order chi connectivity index (χ0) is 10.9. The topological polar surface area (TPSA) is 79.4 Å². The van der Waals surface area contributed by atoms with Crippen LogP contribution in [-0.2, 0) is 0 Å². The molecule has 0 radical (unpaired) electrons. The van der Waals surface area contributed by atoms with Gasteiger partial charge < -0.3 is 5.32 Å². The standard InChI is InChI=1S/C8H12N6S/c1-8(2,3)12-7-11-6(14-15-7)5-9-4-10-13-5/h4H,1-3H3,(H,9,10,13)(H,11,12,14). The van der Waals surface area contributed by atoms with Crippen LogP contribution < -0.4 is 5.32 Å². The van der Waals surface area contributed by atoms with Gasteiger partial charge in [0, 0.05) is 17.1 Å². The molecule has 6 nitrogen and oxygen atoms in total. The van der Waals surface area contributed by atoms with Crippen LogP contribution >= 0.6 is 11.5 Å². The van der Waals surface area contributed by atoms with Crippen LogP contribution in [0.2, 0.25) is 0 Å². The molecule has 15 heavy (non-hydrogen) atoms. The monoisotopic (exact) mass is 224 g/mol. The number of anilines is 1. The van der Waals surface area contributed by atoms with Crippen molar-refractivity contribution in [1.29, 1.82) is 0 Å². The predicted octanol–water partition coefficient (Wildman–Crippen LogP) is 1.53. The summed E-state index contributed by atoms with van der Waals surface area (Å²) in [6, 6.07) is 0. The fourth-order valence-electron chi connectivity index (χ4n) is 1.00. The number of aromatic amines is 1. The van der Waals surface area contributed by atoms with Gasteiger partial charge in [0.15, 0.2) is 5.82 Å². The first-order valence-electron chi connectivity index (χ1n) is 4.52. The Balaban J connectivity index is 2.18. The van der Waals surface area contributed by atoms with Crippen LogP contribution in [0, 0.1) is 0 Å². The summed E-state index contributed by atoms with van der Waals surface area (Å²) in [4.78, 5) is 8.28. The van der Waals surface area contributed by atoms with E-state index in [0.29, 0.717) is 11.6 Å². The van der Waals surface area contributed by atoms with E-state index in [4.69, 9.17) is 0 Å². The molecule has 0 aliphatic heterocycles. The van der Waals surface area contributed by atoms with E-state index in [1.807, 2.05) is 0 Å². The molecule has 0 fully saturated rings. The van der Waals surface area contributed by atoms with Gasteiger partial charge in [-0.05, 0) is 20.8 Å². The predicted molar refractivity (Wildman–Crippen MR) is 58.7 cm³/mol. The fourth-order valence-corrected chi connectivity index (χ4v) is 1.78. The summed E-state index contributed by atoms with van der Waals surface area (Å²) in [5.74, 6) is 1.16. The van der Waals surface area contributed by atoms with Crippen LogP contribution in [0.3, 0.4) is 0 Å². The van der Waals surface area contributed by atoms with Gasteiger partial charge in [0.1, 0.15) is 6.33 Å². The van der Waals surface area contributed by atoms with E-state index in [9.17, 15) is 0 Å². The third-order valence-electron chi connectivity index (χ3n) is 1.53. The van der Waals surface area contributed by atoms with Gasteiger partial charge in [0.25, 0.3) is 0 Å². The van der Waals surface area contributed by atoms with Gasteiger partial charge in [-0.15, -0.1) is 0 Å². The number of hydrogen-bond acceptors (Lipinski definition) is 6. The van der Waals surface area contributed by atoms with Crippen LogP contribution in [-0.4, -0.2) is 30.1 Å². The minimum Gasteiger partial charge on any atom is -0.356 e. The molecule has 7 heteroatoms. The van der Waals surface area contributed by atoms with Crippen LogP contribution in [0.15, 0.2) is 6.33 Å². The van der Waals surface area contributed by atoms with Gasteiger partial charge in [0.05, 0.1) is 0 Å². The van der Waals surface area contributed by atoms with E-state index in [0.717, 1.165) is 5.13 Å². The highest BCUT2D eigenvalue weighted by molar-refractivity contribution is 7.09. The minimum atomic E-state index is -0.0157. The average molecular weight is 224 g/mol. The molecule has 0 bridgehead atoms. The summed E-state index contributed by atoms with van der Waals surface area (Å²) in [7, 11) is 0. The molecule has 2 aromatic rings. The lowest BCUT2D eigenvalue weighted by atomic mass is 10.1. The summed E-state index contributed by atoms with van der Waals surface area (Å²) < 4.78 is 4.18. The Bertz CT molecular complexity index is 426. The molecule has 0 aliphatic carbocycles. The highest BCUT2D eigenvalue weighted by Gasteiger charge is 2.14. The lowest BCUT2D eigenvalue weighted by Gasteiger charge is -2.18. The third kappa shape index (κ3) is 2.50. The van der Waals surface area contributed by atoms with Gasteiger partial charge in [-0.3, -0.25) is 5.10 Å². The lowest BCUT2D eigenvalue weighted by molar-refractivity contribution is 0.633. The molecule has 2 aromatic heterocycles. The van der Waals surface area contributed by atoms with Crippen LogP contribution in [0.25, 0.3) is 11.6 Å². The van der Waals surface area contributed by atoms with Gasteiger partial charge in [-0.1, -0.05) is 0 Å². The molecule has 80 valence electrons. The molecular formula is C8H12N6S. The normalized spacial score (nSPS) is 11.7. The van der Waals surface area contributed by atoms with Crippen molar-refractivity contribution in [2.75, 3.05) is 5.32 Å². The molecular weight excluding hydrogens is 212 g/mol. The first-order valence-corrected chi connectivity index (χ1v) is 5.29. The second-order valence-corrected chi connectivity index (χ2v) is 4.88. The molecule has 0 aliphatic rings. The molecule has 0 spiro atoms. The van der Waals surface area contributed by atoms with Gasteiger partial charge in [0.2, 0.25) is 11.0 Å². The first kappa shape index (κ1) is 10.0. The highest BCUT2D eigenvalue weighted by atomic mass is 32.1. The third-order valence-corrected chi connectivity index (χ3v) is 2.17. The Hall–Kier alpha value is -1.50. The van der Waals surface area contributed by atoms with E-state index < -0.39 is 0 Å². The SMILES string of the molecule is CC(C)(C)Nc1nc(-c2ncn[nH]2)ns1. The maximum atomic E-state index is 4.30. The van der Waals surface area contributed by atoms with E-state index in [1.54, 1.807) is 0 Å². The molecule has 0 unspecified atom stereocenters. The molecule has 2 rings (SSSR count). The molecule has 0 saturated heterocycles. The minimum absolute atomic E-state index is 0.0157. The number of rotatable bonds is 2. The Kier molecular flexibility index (Phi) is 2.39. The Morgan fingerprint density at radius 3 is 2.80 bits per heavy atom. The van der Waals surface area contributed by atoms with Crippen LogP contribution in [0.5, 0.6) is 0 Å².